The summed E-state index contributed by atoms with van der Waals surface area (Å²) < 4.78 is 0. The summed E-state index contributed by atoms with van der Waals surface area (Å²) >= 11 is 0. The zero-order valence-electron chi connectivity index (χ0n) is 22.9. The van der Waals surface area contributed by atoms with Gasteiger partial charge in [-0.25, -0.2) is 0 Å². The Morgan fingerprint density at radius 2 is 0.892 bits per heavy atom. The normalized spacial score (nSPS) is 11.2. The minimum atomic E-state index is 0.00177. The third-order valence-electron chi connectivity index (χ3n) is 7.68. The van der Waals surface area contributed by atoms with E-state index in [4.69, 9.17) is 0 Å². The molecule has 0 spiro atoms. The van der Waals surface area contributed by atoms with Crippen LogP contribution in [0.15, 0.2) is 54.6 Å². The van der Waals surface area contributed by atoms with E-state index in [1.165, 1.54) is 22.3 Å². The molecule has 4 rings (SSSR count). The van der Waals surface area contributed by atoms with Crippen LogP contribution in [0.2, 0.25) is 0 Å². The Kier molecular flexibility index (Phi) is 7.75. The fourth-order valence-corrected chi connectivity index (χ4v) is 5.27. The Morgan fingerprint density at radius 1 is 0.459 bits per heavy atom. The molecule has 0 fully saturated rings. The zero-order valence-corrected chi connectivity index (χ0v) is 22.9. The van der Waals surface area contributed by atoms with Gasteiger partial charge < -0.3 is 15.3 Å². The number of aromatic hydroxyl groups is 2. The zero-order chi connectivity index (χ0) is 26.9. The van der Waals surface area contributed by atoms with Gasteiger partial charge in [0.05, 0.1) is 6.61 Å². The summed E-state index contributed by atoms with van der Waals surface area (Å²) in [6, 6.07) is 18.5. The van der Waals surface area contributed by atoms with Gasteiger partial charge in [-0.1, -0.05) is 60.2 Å². The van der Waals surface area contributed by atoms with E-state index in [2.05, 4.69) is 58.9 Å². The number of hydrogen-bond acceptors (Lipinski definition) is 3. The summed E-state index contributed by atoms with van der Waals surface area (Å²) in [7, 11) is 0. The summed E-state index contributed by atoms with van der Waals surface area (Å²) in [5, 5.41) is 32.2. The number of aryl methyl sites for hydroxylation is 6. The van der Waals surface area contributed by atoms with Crippen LogP contribution < -0.4 is 0 Å². The number of phenolic OH excluding ortho intramolecular Hbond substituents is 2. The van der Waals surface area contributed by atoms with E-state index in [9.17, 15) is 15.3 Å². The fraction of sp³-hybridized carbons (Fsp3) is 0.294. The average molecular weight is 495 g/mol. The molecule has 3 heteroatoms. The van der Waals surface area contributed by atoms with Crippen molar-refractivity contribution in [2.24, 2.45) is 0 Å². The van der Waals surface area contributed by atoms with Crippen molar-refractivity contribution in [2.75, 3.05) is 0 Å². The molecular weight excluding hydrogens is 456 g/mol. The van der Waals surface area contributed by atoms with Crippen LogP contribution in [0, 0.1) is 41.5 Å². The van der Waals surface area contributed by atoms with E-state index >= 15 is 0 Å². The molecule has 3 nitrogen and oxygen atoms in total. The molecule has 4 aromatic rings. The van der Waals surface area contributed by atoms with Crippen molar-refractivity contribution >= 4 is 0 Å². The maximum atomic E-state index is 11.3. The standard InChI is InChI=1S/C34H38O3/c1-20-10-30(34(37)31(11-20)17-28-14-22(3)21(2)12-23(28)4)16-27-9-7-8-26(33(27)36)15-29-18-32(19-35)25(6)13-24(29)5/h7-14,18,35-37H,15-17,19H2,1-6H3. The van der Waals surface area contributed by atoms with Gasteiger partial charge in [0.1, 0.15) is 11.5 Å². The highest BCUT2D eigenvalue weighted by molar-refractivity contribution is 5.52. The molecule has 3 N–H and O–H groups in total. The predicted molar refractivity (Wildman–Crippen MR) is 152 cm³/mol. The van der Waals surface area contributed by atoms with Gasteiger partial charge in [-0.3, -0.25) is 0 Å². The molecule has 0 saturated heterocycles. The van der Waals surface area contributed by atoms with E-state index < -0.39 is 0 Å². The third-order valence-corrected chi connectivity index (χ3v) is 7.68. The minimum Gasteiger partial charge on any atom is -0.507 e. The maximum Gasteiger partial charge on any atom is 0.122 e. The molecule has 0 bridgehead atoms. The van der Waals surface area contributed by atoms with E-state index in [1.54, 1.807) is 0 Å². The second-order valence-corrected chi connectivity index (χ2v) is 10.6. The monoisotopic (exact) mass is 494 g/mol. The number of aliphatic hydroxyl groups is 1. The van der Waals surface area contributed by atoms with Crippen molar-refractivity contribution < 1.29 is 15.3 Å². The quantitative estimate of drug-likeness (QED) is 0.254. The van der Waals surface area contributed by atoms with Gasteiger partial charge in [-0.2, -0.15) is 0 Å². The van der Waals surface area contributed by atoms with Crippen molar-refractivity contribution in [3.8, 4) is 11.5 Å². The Labute approximate surface area is 221 Å². The first-order valence-corrected chi connectivity index (χ1v) is 12.9. The van der Waals surface area contributed by atoms with Crippen LogP contribution in [-0.2, 0) is 25.9 Å². The van der Waals surface area contributed by atoms with Gasteiger partial charge in [0.2, 0.25) is 0 Å². The number of rotatable bonds is 7. The Hall–Kier alpha value is -3.56. The van der Waals surface area contributed by atoms with Crippen LogP contribution in [-0.4, -0.2) is 15.3 Å². The Bertz CT molecular complexity index is 1460. The fourth-order valence-electron chi connectivity index (χ4n) is 5.27. The molecule has 0 aliphatic heterocycles. The van der Waals surface area contributed by atoms with Crippen molar-refractivity contribution in [3.05, 3.63) is 127 Å². The first-order valence-electron chi connectivity index (χ1n) is 12.9. The van der Waals surface area contributed by atoms with E-state index in [0.717, 1.165) is 50.1 Å². The predicted octanol–water partition coefficient (Wildman–Crippen LogP) is 7.21. The van der Waals surface area contributed by atoms with Crippen molar-refractivity contribution in [1.29, 1.82) is 0 Å². The largest absolute Gasteiger partial charge is 0.507 e. The summed E-state index contributed by atoms with van der Waals surface area (Å²) in [4.78, 5) is 0. The molecule has 0 aliphatic carbocycles. The molecule has 0 atom stereocenters. The SMILES string of the molecule is Cc1cc(Cc2cc(C)c(C)cc2C)c(O)c(Cc2cccc(Cc3cc(CO)c(C)cc3C)c2O)c1. The van der Waals surface area contributed by atoms with Gasteiger partial charge in [0.25, 0.3) is 0 Å². The summed E-state index contributed by atoms with van der Waals surface area (Å²) in [6.45, 7) is 12.5. The van der Waals surface area contributed by atoms with Crippen LogP contribution in [0.4, 0.5) is 0 Å². The number of phenols is 2. The number of para-hydroxylation sites is 1. The molecule has 0 heterocycles. The highest BCUT2D eigenvalue weighted by Crippen LogP contribution is 2.34. The first-order chi connectivity index (χ1) is 17.6. The lowest BCUT2D eigenvalue weighted by atomic mass is 9.91. The second-order valence-electron chi connectivity index (χ2n) is 10.6. The molecule has 0 saturated carbocycles. The van der Waals surface area contributed by atoms with Gasteiger partial charge in [-0.15, -0.1) is 0 Å². The molecule has 0 radical (unpaired) electrons. The van der Waals surface area contributed by atoms with Crippen LogP contribution in [0.1, 0.15) is 72.3 Å². The van der Waals surface area contributed by atoms with E-state index in [1.807, 2.05) is 37.3 Å². The molecule has 37 heavy (non-hydrogen) atoms. The molecular formula is C34H38O3. The Balaban J connectivity index is 1.65. The number of aliphatic hydroxyl groups excluding tert-OH is 1. The molecule has 0 unspecified atom stereocenters. The number of benzene rings is 4. The van der Waals surface area contributed by atoms with Crippen molar-refractivity contribution in [3.63, 3.8) is 0 Å². The smallest absolute Gasteiger partial charge is 0.122 e. The Morgan fingerprint density at radius 3 is 1.49 bits per heavy atom. The molecule has 4 aromatic carbocycles. The lowest BCUT2D eigenvalue weighted by molar-refractivity contribution is 0.281. The van der Waals surface area contributed by atoms with E-state index in [-0.39, 0.29) is 12.4 Å². The lowest BCUT2D eigenvalue weighted by Gasteiger charge is -2.16. The molecule has 0 aliphatic rings. The van der Waals surface area contributed by atoms with Crippen molar-refractivity contribution in [2.45, 2.75) is 67.4 Å². The second kappa shape index (κ2) is 10.8. The summed E-state index contributed by atoms with van der Waals surface area (Å²) in [6.07, 6.45) is 1.69. The van der Waals surface area contributed by atoms with Crippen LogP contribution in [0.5, 0.6) is 11.5 Å². The highest BCUT2D eigenvalue weighted by atomic mass is 16.3. The molecule has 0 aromatic heterocycles. The molecule has 192 valence electrons. The van der Waals surface area contributed by atoms with Gasteiger partial charge >= 0.3 is 0 Å². The van der Waals surface area contributed by atoms with Crippen LogP contribution in [0.25, 0.3) is 0 Å². The lowest BCUT2D eigenvalue weighted by Crippen LogP contribution is -2.01. The minimum absolute atomic E-state index is 0.00177. The van der Waals surface area contributed by atoms with Crippen LogP contribution in [0.3, 0.4) is 0 Å². The van der Waals surface area contributed by atoms with Gasteiger partial charge in [-0.05, 0) is 108 Å². The number of hydrogen-bond donors (Lipinski definition) is 3. The average Bonchev–Trinajstić information content (AvgIpc) is 2.84. The van der Waals surface area contributed by atoms with Gasteiger partial charge in [0, 0.05) is 19.3 Å². The third kappa shape index (κ3) is 5.73. The maximum absolute atomic E-state index is 11.3. The van der Waals surface area contributed by atoms with Gasteiger partial charge in [0.15, 0.2) is 0 Å². The van der Waals surface area contributed by atoms with Crippen LogP contribution >= 0.6 is 0 Å². The summed E-state index contributed by atoms with van der Waals surface area (Å²) in [5.74, 6) is 0.565. The highest BCUT2D eigenvalue weighted by Gasteiger charge is 2.16. The first kappa shape index (κ1) is 26.5. The van der Waals surface area contributed by atoms with E-state index in [0.29, 0.717) is 25.0 Å². The molecule has 0 amide bonds. The summed E-state index contributed by atoms with van der Waals surface area (Å²) in [5.41, 5.74) is 13.6. The van der Waals surface area contributed by atoms with Crippen molar-refractivity contribution in [1.82, 2.24) is 0 Å². The topological polar surface area (TPSA) is 60.7 Å².